The number of hydrogen-bond acceptors (Lipinski definition) is 3. The second-order valence-corrected chi connectivity index (χ2v) is 6.16. The minimum atomic E-state index is -1.01. The number of amides is 1. The summed E-state index contributed by atoms with van der Waals surface area (Å²) in [6.07, 6.45) is 0. The maximum absolute atomic E-state index is 13.7. The largest absolute Gasteiger partial charge is 0.488 e. The van der Waals surface area contributed by atoms with Gasteiger partial charge in [-0.2, -0.15) is 5.10 Å². The van der Waals surface area contributed by atoms with Crippen LogP contribution in [0.1, 0.15) is 21.6 Å². The number of benzene rings is 2. The topological polar surface area (TPSA) is 56.2 Å². The molecule has 8 heteroatoms. The first-order valence-electron chi connectivity index (χ1n) is 8.15. The summed E-state index contributed by atoms with van der Waals surface area (Å²) in [7, 11) is 1.61. The molecule has 3 aromatic rings. The van der Waals surface area contributed by atoms with Gasteiger partial charge in [-0.05, 0) is 23.8 Å². The van der Waals surface area contributed by atoms with E-state index in [-0.39, 0.29) is 24.6 Å². The Morgan fingerprint density at radius 1 is 1.22 bits per heavy atom. The Labute approximate surface area is 152 Å². The third-order valence-corrected chi connectivity index (χ3v) is 4.35. The van der Waals surface area contributed by atoms with Gasteiger partial charge >= 0.3 is 0 Å². The molecule has 4 rings (SSSR count). The second-order valence-electron chi connectivity index (χ2n) is 6.16. The van der Waals surface area contributed by atoms with Crippen LogP contribution in [0.25, 0.3) is 11.3 Å². The molecule has 0 aliphatic carbocycles. The van der Waals surface area contributed by atoms with Crippen LogP contribution in [0.15, 0.2) is 36.4 Å². The summed E-state index contributed by atoms with van der Waals surface area (Å²) in [6.45, 7) is 0.128. The molecule has 138 valence electrons. The quantitative estimate of drug-likeness (QED) is 0.766. The fourth-order valence-electron chi connectivity index (χ4n) is 3.12. The number of ether oxygens (including phenoxy) is 1. The SMILES string of the molecule is Cn1nc(C(=O)NCc2cccc(F)c2)c2c1-c1cc(F)c(F)cc1OC2. The number of rotatable bonds is 3. The third kappa shape index (κ3) is 3.03. The highest BCUT2D eigenvalue weighted by molar-refractivity contribution is 5.96. The van der Waals surface area contributed by atoms with Gasteiger partial charge in [-0.25, -0.2) is 13.2 Å². The average molecular weight is 373 g/mol. The highest BCUT2D eigenvalue weighted by atomic mass is 19.2. The Hall–Kier alpha value is -3.29. The van der Waals surface area contributed by atoms with Crippen LogP contribution < -0.4 is 10.1 Å². The van der Waals surface area contributed by atoms with Crippen LogP contribution in [0.2, 0.25) is 0 Å². The number of aromatic nitrogens is 2. The van der Waals surface area contributed by atoms with E-state index in [2.05, 4.69) is 10.4 Å². The lowest BCUT2D eigenvalue weighted by molar-refractivity contribution is 0.0942. The summed E-state index contributed by atoms with van der Waals surface area (Å²) in [5.41, 5.74) is 2.03. The average Bonchev–Trinajstić information content (AvgIpc) is 2.98. The minimum Gasteiger partial charge on any atom is -0.488 e. The van der Waals surface area contributed by atoms with Crippen molar-refractivity contribution in [2.45, 2.75) is 13.2 Å². The van der Waals surface area contributed by atoms with E-state index in [1.54, 1.807) is 19.2 Å². The number of aryl methyl sites for hydroxylation is 1. The van der Waals surface area contributed by atoms with Gasteiger partial charge in [0.05, 0.1) is 5.69 Å². The number of carbonyl (C=O) groups excluding carboxylic acids is 1. The zero-order chi connectivity index (χ0) is 19.1. The second kappa shape index (κ2) is 6.46. The van der Waals surface area contributed by atoms with Gasteiger partial charge in [-0.3, -0.25) is 9.48 Å². The van der Waals surface area contributed by atoms with Crippen molar-refractivity contribution >= 4 is 5.91 Å². The van der Waals surface area contributed by atoms with Crippen LogP contribution in [-0.2, 0) is 20.2 Å². The van der Waals surface area contributed by atoms with Gasteiger partial charge in [0.2, 0.25) is 0 Å². The first kappa shape index (κ1) is 17.1. The molecule has 1 aliphatic rings. The summed E-state index contributed by atoms with van der Waals surface area (Å²) in [4.78, 5) is 12.6. The maximum Gasteiger partial charge on any atom is 0.272 e. The van der Waals surface area contributed by atoms with Crippen molar-refractivity contribution in [1.82, 2.24) is 15.1 Å². The lowest BCUT2D eigenvalue weighted by atomic mass is 10.0. The van der Waals surface area contributed by atoms with Gasteiger partial charge < -0.3 is 10.1 Å². The lowest BCUT2D eigenvalue weighted by Crippen LogP contribution is -2.25. The molecule has 1 amide bonds. The Kier molecular flexibility index (Phi) is 4.10. The van der Waals surface area contributed by atoms with Crippen LogP contribution in [0.4, 0.5) is 13.2 Å². The van der Waals surface area contributed by atoms with Gasteiger partial charge in [-0.1, -0.05) is 12.1 Å². The van der Waals surface area contributed by atoms with Crippen molar-refractivity contribution in [1.29, 1.82) is 0 Å². The van der Waals surface area contributed by atoms with Gasteiger partial charge in [0.25, 0.3) is 5.91 Å². The van der Waals surface area contributed by atoms with E-state index in [0.717, 1.165) is 12.1 Å². The molecule has 2 heterocycles. The number of nitrogens with one attached hydrogen (secondary N) is 1. The highest BCUT2D eigenvalue weighted by Gasteiger charge is 2.29. The lowest BCUT2D eigenvalue weighted by Gasteiger charge is -2.19. The molecule has 0 spiro atoms. The van der Waals surface area contributed by atoms with E-state index in [1.807, 2.05) is 0 Å². The smallest absolute Gasteiger partial charge is 0.272 e. The predicted octanol–water partition coefficient (Wildman–Crippen LogP) is 3.33. The first-order valence-corrected chi connectivity index (χ1v) is 8.15. The number of nitrogens with zero attached hydrogens (tertiary/aromatic N) is 2. The molecule has 0 saturated carbocycles. The fraction of sp³-hybridized carbons (Fsp3) is 0.158. The molecule has 2 aromatic carbocycles. The van der Waals surface area contributed by atoms with Gasteiger partial charge in [0, 0.05) is 30.8 Å². The molecule has 1 N–H and O–H groups in total. The summed E-state index contributed by atoms with van der Waals surface area (Å²) in [5, 5.41) is 6.89. The molecule has 0 fully saturated rings. The van der Waals surface area contributed by atoms with Crippen LogP contribution >= 0.6 is 0 Å². The number of hydrogen-bond donors (Lipinski definition) is 1. The highest BCUT2D eigenvalue weighted by Crippen LogP contribution is 2.39. The van der Waals surface area contributed by atoms with E-state index in [9.17, 15) is 18.0 Å². The molecule has 27 heavy (non-hydrogen) atoms. The van der Waals surface area contributed by atoms with Crippen molar-refractivity contribution in [3.05, 3.63) is 70.7 Å². The molecule has 0 radical (unpaired) electrons. The fourth-order valence-corrected chi connectivity index (χ4v) is 3.12. The van der Waals surface area contributed by atoms with Crippen molar-refractivity contribution in [3.63, 3.8) is 0 Å². The molecule has 0 bridgehead atoms. The normalized spacial score (nSPS) is 12.1. The number of fused-ring (bicyclic) bond motifs is 3. The Bertz CT molecular complexity index is 1060. The van der Waals surface area contributed by atoms with E-state index < -0.39 is 23.4 Å². The van der Waals surface area contributed by atoms with Crippen LogP contribution in [-0.4, -0.2) is 15.7 Å². The monoisotopic (exact) mass is 373 g/mol. The van der Waals surface area contributed by atoms with Crippen LogP contribution in [0.3, 0.4) is 0 Å². The number of carbonyl (C=O) groups is 1. The van der Waals surface area contributed by atoms with Gasteiger partial charge in [0.1, 0.15) is 18.2 Å². The predicted molar refractivity (Wildman–Crippen MR) is 90.5 cm³/mol. The maximum atomic E-state index is 13.7. The summed E-state index contributed by atoms with van der Waals surface area (Å²) in [6, 6.07) is 7.89. The van der Waals surface area contributed by atoms with E-state index >= 15 is 0 Å². The third-order valence-electron chi connectivity index (χ3n) is 4.35. The van der Waals surface area contributed by atoms with Crippen molar-refractivity contribution < 1.29 is 22.7 Å². The Morgan fingerprint density at radius 2 is 2.00 bits per heavy atom. The van der Waals surface area contributed by atoms with Crippen molar-refractivity contribution in [2.75, 3.05) is 0 Å². The molecule has 0 saturated heterocycles. The Morgan fingerprint density at radius 3 is 2.78 bits per heavy atom. The molecule has 1 aromatic heterocycles. The summed E-state index contributed by atoms with van der Waals surface area (Å²) >= 11 is 0. The minimum absolute atomic E-state index is 0.00393. The molecule has 5 nitrogen and oxygen atoms in total. The molecule has 0 atom stereocenters. The van der Waals surface area contributed by atoms with E-state index in [1.165, 1.54) is 16.8 Å². The van der Waals surface area contributed by atoms with Crippen molar-refractivity contribution in [2.24, 2.45) is 7.05 Å². The molecule has 1 aliphatic heterocycles. The van der Waals surface area contributed by atoms with Crippen LogP contribution in [0.5, 0.6) is 5.75 Å². The molecular weight excluding hydrogens is 359 g/mol. The zero-order valence-electron chi connectivity index (χ0n) is 14.2. The molecule has 0 unspecified atom stereocenters. The zero-order valence-corrected chi connectivity index (χ0v) is 14.2. The summed E-state index contributed by atoms with van der Waals surface area (Å²) in [5.74, 6) is -2.69. The van der Waals surface area contributed by atoms with Gasteiger partial charge in [-0.15, -0.1) is 0 Å². The van der Waals surface area contributed by atoms with Gasteiger partial charge in [0.15, 0.2) is 17.3 Å². The summed E-state index contributed by atoms with van der Waals surface area (Å²) < 4.78 is 47.3. The van der Waals surface area contributed by atoms with E-state index in [4.69, 9.17) is 4.74 Å². The van der Waals surface area contributed by atoms with Crippen LogP contribution in [0, 0.1) is 17.5 Å². The van der Waals surface area contributed by atoms with Crippen molar-refractivity contribution in [3.8, 4) is 17.0 Å². The van der Waals surface area contributed by atoms with E-state index in [0.29, 0.717) is 22.4 Å². The Balaban J connectivity index is 1.64. The molecular formula is C19H14F3N3O2. The first-order chi connectivity index (χ1) is 12.9. The number of halogens is 3. The standard InChI is InChI=1S/C19H14F3N3O2/c1-25-18-12-6-14(21)15(22)7-16(12)27-9-13(18)17(24-25)19(26)23-8-10-3-2-4-11(20)5-10/h2-7H,8-9H2,1H3,(H,23,26).